The van der Waals surface area contributed by atoms with Crippen molar-refractivity contribution in [1.82, 2.24) is 10.2 Å². The van der Waals surface area contributed by atoms with E-state index in [4.69, 9.17) is 5.11 Å². The van der Waals surface area contributed by atoms with Gasteiger partial charge in [-0.15, -0.1) is 0 Å². The van der Waals surface area contributed by atoms with Gasteiger partial charge in [0.05, 0.1) is 11.3 Å². The number of rotatable bonds is 6. The molecule has 0 atom stereocenters. The number of hydrogen-bond acceptors (Lipinski definition) is 3. The molecule has 3 N–H and O–H groups in total. The number of carboxylic acid groups (broad SMARTS) is 1. The zero-order valence-corrected chi connectivity index (χ0v) is 12.3. The van der Waals surface area contributed by atoms with Crippen LogP contribution >= 0.6 is 0 Å². The quantitative estimate of drug-likeness (QED) is 0.750. The molecule has 0 aliphatic rings. The predicted molar refractivity (Wildman–Crippen MR) is 78.1 cm³/mol. The maximum absolute atomic E-state index is 13.0. The molecule has 0 spiro atoms. The lowest BCUT2D eigenvalue weighted by Crippen LogP contribution is -2.38. The highest BCUT2D eigenvalue weighted by Gasteiger charge is 2.13. The van der Waals surface area contributed by atoms with Gasteiger partial charge < -0.3 is 20.6 Å². The highest BCUT2D eigenvalue weighted by Crippen LogP contribution is 2.16. The Morgan fingerprint density at radius 3 is 2.62 bits per heavy atom. The van der Waals surface area contributed by atoms with Crippen LogP contribution in [-0.4, -0.2) is 48.2 Å². The zero-order chi connectivity index (χ0) is 16.0. The molecule has 0 aliphatic carbocycles. The Bertz CT molecular complexity index is 520. The van der Waals surface area contributed by atoms with E-state index >= 15 is 0 Å². The van der Waals surface area contributed by atoms with Crippen molar-refractivity contribution >= 4 is 17.7 Å². The Balaban J connectivity index is 2.57. The number of nitrogens with zero attached hydrogens (tertiary/aromatic N) is 1. The van der Waals surface area contributed by atoms with Crippen LogP contribution in [0, 0.1) is 5.82 Å². The predicted octanol–water partition coefficient (Wildman–Crippen LogP) is 1.99. The molecule has 2 amide bonds. The summed E-state index contributed by atoms with van der Waals surface area (Å²) in [7, 11) is 1.94. The van der Waals surface area contributed by atoms with E-state index < -0.39 is 17.8 Å². The second-order valence-electron chi connectivity index (χ2n) is 4.95. The topological polar surface area (TPSA) is 81.7 Å². The first-order chi connectivity index (χ1) is 9.81. The van der Waals surface area contributed by atoms with Gasteiger partial charge >= 0.3 is 12.0 Å². The molecule has 1 aromatic carbocycles. The average Bonchev–Trinajstić information content (AvgIpc) is 2.40. The van der Waals surface area contributed by atoms with Crippen LogP contribution in [0.5, 0.6) is 0 Å². The summed E-state index contributed by atoms with van der Waals surface area (Å²) in [5.74, 6) is -1.97. The van der Waals surface area contributed by atoms with E-state index in [9.17, 15) is 14.0 Å². The molecule has 0 unspecified atom stereocenters. The summed E-state index contributed by atoms with van der Waals surface area (Å²) in [6.45, 7) is 5.17. The normalized spacial score (nSPS) is 10.8. The van der Waals surface area contributed by atoms with Gasteiger partial charge in [-0.05, 0) is 39.1 Å². The molecule has 21 heavy (non-hydrogen) atoms. The second-order valence-corrected chi connectivity index (χ2v) is 4.95. The van der Waals surface area contributed by atoms with Gasteiger partial charge in [0.1, 0.15) is 5.82 Å². The summed E-state index contributed by atoms with van der Waals surface area (Å²) in [5, 5.41) is 14.0. The number of carbonyl (C=O) groups is 2. The lowest BCUT2D eigenvalue weighted by Gasteiger charge is -2.21. The van der Waals surface area contributed by atoms with Crippen LogP contribution in [0.1, 0.15) is 24.2 Å². The minimum atomic E-state index is -1.30. The Morgan fingerprint density at radius 2 is 2.05 bits per heavy atom. The standard InChI is InChI=1S/C14H20FN3O3/c1-9(2)18(3)7-6-16-14(21)17-12-5-4-10(15)8-11(12)13(19)20/h4-5,8-9H,6-7H2,1-3H3,(H,19,20)(H2,16,17,21). The summed E-state index contributed by atoms with van der Waals surface area (Å²) in [6, 6.07) is 3.02. The summed E-state index contributed by atoms with van der Waals surface area (Å²) >= 11 is 0. The molecule has 0 saturated carbocycles. The maximum Gasteiger partial charge on any atom is 0.337 e. The van der Waals surface area contributed by atoms with Gasteiger partial charge in [-0.3, -0.25) is 0 Å². The molecule has 116 valence electrons. The van der Waals surface area contributed by atoms with E-state index in [0.717, 1.165) is 12.1 Å². The Kier molecular flexibility index (Phi) is 6.10. The fourth-order valence-corrected chi connectivity index (χ4v) is 1.57. The van der Waals surface area contributed by atoms with Gasteiger partial charge in [0.2, 0.25) is 0 Å². The molecule has 0 fully saturated rings. The van der Waals surface area contributed by atoms with E-state index in [0.29, 0.717) is 19.1 Å². The molecule has 6 nitrogen and oxygen atoms in total. The lowest BCUT2D eigenvalue weighted by atomic mass is 10.2. The van der Waals surface area contributed by atoms with Gasteiger partial charge in [-0.25, -0.2) is 14.0 Å². The monoisotopic (exact) mass is 297 g/mol. The number of anilines is 1. The smallest absolute Gasteiger partial charge is 0.337 e. The molecule has 0 aliphatic heterocycles. The van der Waals surface area contributed by atoms with Crippen molar-refractivity contribution in [2.45, 2.75) is 19.9 Å². The summed E-state index contributed by atoms with van der Waals surface area (Å²) in [6.07, 6.45) is 0. The minimum Gasteiger partial charge on any atom is -0.478 e. The van der Waals surface area contributed by atoms with Crippen LogP contribution in [0.4, 0.5) is 14.9 Å². The molecule has 7 heteroatoms. The molecule has 1 rings (SSSR count). The van der Waals surface area contributed by atoms with Gasteiger partial charge in [0.15, 0.2) is 0 Å². The van der Waals surface area contributed by atoms with Gasteiger partial charge in [-0.1, -0.05) is 0 Å². The van der Waals surface area contributed by atoms with Gasteiger partial charge in [-0.2, -0.15) is 0 Å². The summed E-state index contributed by atoms with van der Waals surface area (Å²) < 4.78 is 13.0. The fourth-order valence-electron chi connectivity index (χ4n) is 1.57. The van der Waals surface area contributed by atoms with Crippen LogP contribution in [-0.2, 0) is 0 Å². The third-order valence-electron chi connectivity index (χ3n) is 3.09. The van der Waals surface area contributed by atoms with E-state index in [1.165, 1.54) is 6.07 Å². The number of carboxylic acids is 1. The SMILES string of the molecule is CC(C)N(C)CCNC(=O)Nc1ccc(F)cc1C(=O)O. The molecule has 0 saturated heterocycles. The maximum atomic E-state index is 13.0. The number of benzene rings is 1. The first-order valence-electron chi connectivity index (χ1n) is 6.59. The lowest BCUT2D eigenvalue weighted by molar-refractivity contribution is 0.0697. The second kappa shape index (κ2) is 7.58. The molecule has 0 radical (unpaired) electrons. The van der Waals surface area contributed by atoms with Crippen LogP contribution in [0.2, 0.25) is 0 Å². The van der Waals surface area contributed by atoms with E-state index in [1.54, 1.807) is 0 Å². The summed E-state index contributed by atoms with van der Waals surface area (Å²) in [4.78, 5) is 24.7. The van der Waals surface area contributed by atoms with E-state index in [-0.39, 0.29) is 11.3 Å². The van der Waals surface area contributed by atoms with Crippen molar-refractivity contribution < 1.29 is 19.1 Å². The first kappa shape index (κ1) is 16.9. The minimum absolute atomic E-state index is 0.0543. The number of likely N-dealkylation sites (N-methyl/N-ethyl adjacent to an activating group) is 1. The molecule has 0 bridgehead atoms. The fraction of sp³-hybridized carbons (Fsp3) is 0.429. The van der Waals surface area contributed by atoms with Crippen molar-refractivity contribution in [3.8, 4) is 0 Å². The number of carbonyl (C=O) groups excluding carboxylic acids is 1. The first-order valence-corrected chi connectivity index (χ1v) is 6.59. The molecule has 0 aromatic heterocycles. The molecule has 0 heterocycles. The van der Waals surface area contributed by atoms with Crippen molar-refractivity contribution in [1.29, 1.82) is 0 Å². The van der Waals surface area contributed by atoms with E-state index in [1.807, 2.05) is 20.9 Å². The van der Waals surface area contributed by atoms with Gasteiger partial charge in [0.25, 0.3) is 0 Å². The number of hydrogen-bond donors (Lipinski definition) is 3. The van der Waals surface area contributed by atoms with Crippen molar-refractivity contribution in [2.75, 3.05) is 25.5 Å². The van der Waals surface area contributed by atoms with Crippen LogP contribution in [0.15, 0.2) is 18.2 Å². The van der Waals surface area contributed by atoms with Crippen molar-refractivity contribution in [3.63, 3.8) is 0 Å². The van der Waals surface area contributed by atoms with Gasteiger partial charge in [0, 0.05) is 19.1 Å². The molecule has 1 aromatic rings. The number of amides is 2. The Hall–Kier alpha value is -2.15. The molecular formula is C14H20FN3O3. The van der Waals surface area contributed by atoms with Crippen LogP contribution in [0.25, 0.3) is 0 Å². The highest BCUT2D eigenvalue weighted by atomic mass is 19.1. The summed E-state index contributed by atoms with van der Waals surface area (Å²) in [5.41, 5.74) is -0.233. The Morgan fingerprint density at radius 1 is 1.38 bits per heavy atom. The zero-order valence-electron chi connectivity index (χ0n) is 12.3. The van der Waals surface area contributed by atoms with Crippen molar-refractivity contribution in [3.05, 3.63) is 29.6 Å². The number of nitrogens with one attached hydrogen (secondary N) is 2. The number of urea groups is 1. The largest absolute Gasteiger partial charge is 0.478 e. The molecular weight excluding hydrogens is 277 g/mol. The Labute approximate surface area is 122 Å². The number of aromatic carboxylic acids is 1. The number of halogens is 1. The van der Waals surface area contributed by atoms with Crippen molar-refractivity contribution in [2.24, 2.45) is 0 Å². The average molecular weight is 297 g/mol. The van der Waals surface area contributed by atoms with Crippen LogP contribution in [0.3, 0.4) is 0 Å². The third kappa shape index (κ3) is 5.39. The third-order valence-corrected chi connectivity index (χ3v) is 3.09. The highest BCUT2D eigenvalue weighted by molar-refractivity contribution is 5.99. The van der Waals surface area contributed by atoms with E-state index in [2.05, 4.69) is 15.5 Å². The van der Waals surface area contributed by atoms with Crippen LogP contribution < -0.4 is 10.6 Å².